The lowest BCUT2D eigenvalue weighted by Crippen LogP contribution is -2.10. The molecule has 2 N–H and O–H groups in total. The summed E-state index contributed by atoms with van der Waals surface area (Å²) in [4.78, 5) is 0. The van der Waals surface area contributed by atoms with Crippen molar-refractivity contribution < 1.29 is 0 Å². The number of rotatable bonds is 8. The molecule has 0 spiro atoms. The highest BCUT2D eigenvalue weighted by Gasteiger charge is 2.15. The predicted octanol–water partition coefficient (Wildman–Crippen LogP) is 4.47. The zero-order valence-electron chi connectivity index (χ0n) is 12.0. The Bertz CT molecular complexity index is 376. The SMILES string of the molecule is NC/C(=C\CCC1CCC1)CCCc1ccccc1. The van der Waals surface area contributed by atoms with Crippen LogP contribution < -0.4 is 5.73 Å². The highest BCUT2D eigenvalue weighted by atomic mass is 14.5. The minimum Gasteiger partial charge on any atom is -0.327 e. The van der Waals surface area contributed by atoms with Crippen LogP contribution in [0.2, 0.25) is 0 Å². The third-order valence-electron chi connectivity index (χ3n) is 4.30. The second-order valence-corrected chi connectivity index (χ2v) is 5.78. The summed E-state index contributed by atoms with van der Waals surface area (Å²) < 4.78 is 0. The average Bonchev–Trinajstić information content (AvgIpc) is 2.40. The van der Waals surface area contributed by atoms with E-state index in [4.69, 9.17) is 5.73 Å². The van der Waals surface area contributed by atoms with Gasteiger partial charge in [0.15, 0.2) is 0 Å². The number of aryl methyl sites for hydroxylation is 1. The number of nitrogens with two attached hydrogens (primary N) is 1. The van der Waals surface area contributed by atoms with E-state index in [1.54, 1.807) is 0 Å². The van der Waals surface area contributed by atoms with Crippen molar-refractivity contribution in [2.24, 2.45) is 11.7 Å². The van der Waals surface area contributed by atoms with Gasteiger partial charge in [0.25, 0.3) is 0 Å². The fraction of sp³-hybridized carbons (Fsp3) is 0.556. The van der Waals surface area contributed by atoms with E-state index in [-0.39, 0.29) is 0 Å². The standard InChI is InChI=1S/C18H27N/c19-15-18(14-6-12-17-9-4-10-17)13-5-11-16-7-2-1-3-8-16/h1-3,7-8,14,17H,4-6,9-13,15,19H2/b18-14-. The Morgan fingerprint density at radius 2 is 2.00 bits per heavy atom. The molecule has 1 nitrogen and oxygen atoms in total. The van der Waals surface area contributed by atoms with E-state index in [9.17, 15) is 0 Å². The van der Waals surface area contributed by atoms with Gasteiger partial charge < -0.3 is 5.73 Å². The molecule has 0 radical (unpaired) electrons. The van der Waals surface area contributed by atoms with Gasteiger partial charge in [-0.15, -0.1) is 0 Å². The number of hydrogen-bond acceptors (Lipinski definition) is 1. The van der Waals surface area contributed by atoms with Gasteiger partial charge in [-0.2, -0.15) is 0 Å². The Labute approximate surface area is 117 Å². The van der Waals surface area contributed by atoms with Gasteiger partial charge in [-0.3, -0.25) is 0 Å². The second kappa shape index (κ2) is 8.16. The average molecular weight is 257 g/mol. The molecule has 0 atom stereocenters. The molecule has 0 aromatic heterocycles. The van der Waals surface area contributed by atoms with E-state index < -0.39 is 0 Å². The summed E-state index contributed by atoms with van der Waals surface area (Å²) in [6.07, 6.45) is 12.9. The van der Waals surface area contributed by atoms with E-state index in [2.05, 4.69) is 36.4 Å². The largest absolute Gasteiger partial charge is 0.327 e. The Morgan fingerprint density at radius 3 is 2.63 bits per heavy atom. The summed E-state index contributed by atoms with van der Waals surface area (Å²) in [5.74, 6) is 1.01. The minimum atomic E-state index is 0.736. The van der Waals surface area contributed by atoms with Crippen LogP contribution >= 0.6 is 0 Å². The molecule has 1 aromatic rings. The summed E-state index contributed by atoms with van der Waals surface area (Å²) in [5.41, 5.74) is 8.74. The quantitative estimate of drug-likeness (QED) is 0.683. The van der Waals surface area contributed by atoms with Crippen LogP contribution in [-0.2, 0) is 6.42 Å². The monoisotopic (exact) mass is 257 g/mol. The Balaban J connectivity index is 1.65. The number of allylic oxidation sites excluding steroid dienone is 1. The van der Waals surface area contributed by atoms with Crippen molar-refractivity contribution in [3.05, 3.63) is 47.5 Å². The molecule has 1 aromatic carbocycles. The van der Waals surface area contributed by atoms with E-state index >= 15 is 0 Å². The van der Waals surface area contributed by atoms with Gasteiger partial charge in [0.2, 0.25) is 0 Å². The first-order valence-electron chi connectivity index (χ1n) is 7.80. The van der Waals surface area contributed by atoms with Crippen molar-refractivity contribution in [1.82, 2.24) is 0 Å². The van der Waals surface area contributed by atoms with Crippen LogP contribution in [0.15, 0.2) is 42.0 Å². The highest BCUT2D eigenvalue weighted by molar-refractivity contribution is 5.15. The van der Waals surface area contributed by atoms with Crippen LogP contribution in [-0.4, -0.2) is 6.54 Å². The minimum absolute atomic E-state index is 0.736. The maximum absolute atomic E-state index is 5.85. The first-order chi connectivity index (χ1) is 9.38. The molecule has 0 bridgehead atoms. The summed E-state index contributed by atoms with van der Waals surface area (Å²) in [6.45, 7) is 0.736. The van der Waals surface area contributed by atoms with Crippen LogP contribution in [0.25, 0.3) is 0 Å². The van der Waals surface area contributed by atoms with Crippen molar-refractivity contribution in [1.29, 1.82) is 0 Å². The molecule has 0 aliphatic heterocycles. The van der Waals surface area contributed by atoms with Crippen LogP contribution in [0, 0.1) is 5.92 Å². The zero-order chi connectivity index (χ0) is 13.3. The predicted molar refractivity (Wildman–Crippen MR) is 83.1 cm³/mol. The maximum atomic E-state index is 5.85. The third-order valence-corrected chi connectivity index (χ3v) is 4.30. The van der Waals surface area contributed by atoms with Gasteiger partial charge in [0, 0.05) is 6.54 Å². The van der Waals surface area contributed by atoms with E-state index in [0.717, 1.165) is 18.9 Å². The molecule has 1 saturated carbocycles. The first-order valence-corrected chi connectivity index (χ1v) is 7.80. The molecule has 1 heteroatoms. The molecule has 1 fully saturated rings. The molecule has 0 unspecified atom stereocenters. The lowest BCUT2D eigenvalue weighted by atomic mass is 9.82. The molecular formula is C18H27N. The summed E-state index contributed by atoms with van der Waals surface area (Å²) in [5, 5.41) is 0. The molecule has 19 heavy (non-hydrogen) atoms. The fourth-order valence-corrected chi connectivity index (χ4v) is 2.76. The van der Waals surface area contributed by atoms with Crippen molar-refractivity contribution in [3.63, 3.8) is 0 Å². The third kappa shape index (κ3) is 5.20. The van der Waals surface area contributed by atoms with E-state index in [1.807, 2.05) is 0 Å². The van der Waals surface area contributed by atoms with Gasteiger partial charge in [-0.1, -0.05) is 61.2 Å². The smallest absolute Gasteiger partial charge is 0.0136 e. The Hall–Kier alpha value is -1.08. The highest BCUT2D eigenvalue weighted by Crippen LogP contribution is 2.30. The normalized spacial score (nSPS) is 16.4. The molecule has 1 aliphatic rings. The van der Waals surface area contributed by atoms with Gasteiger partial charge in [-0.25, -0.2) is 0 Å². The number of benzene rings is 1. The van der Waals surface area contributed by atoms with Crippen molar-refractivity contribution in [2.75, 3.05) is 6.54 Å². The second-order valence-electron chi connectivity index (χ2n) is 5.78. The molecule has 2 rings (SSSR count). The van der Waals surface area contributed by atoms with E-state index in [0.29, 0.717) is 0 Å². The van der Waals surface area contributed by atoms with E-state index in [1.165, 1.54) is 56.1 Å². The van der Waals surface area contributed by atoms with Crippen LogP contribution in [0.3, 0.4) is 0 Å². The summed E-state index contributed by atoms with van der Waals surface area (Å²) in [6, 6.07) is 10.7. The van der Waals surface area contributed by atoms with Gasteiger partial charge >= 0.3 is 0 Å². The van der Waals surface area contributed by atoms with Crippen LogP contribution in [0.1, 0.15) is 50.5 Å². The Morgan fingerprint density at radius 1 is 1.21 bits per heavy atom. The van der Waals surface area contributed by atoms with Crippen LogP contribution in [0.5, 0.6) is 0 Å². The first kappa shape index (κ1) is 14.3. The lowest BCUT2D eigenvalue weighted by molar-refractivity contribution is 0.298. The van der Waals surface area contributed by atoms with Gasteiger partial charge in [-0.05, 0) is 43.6 Å². The molecule has 1 aliphatic carbocycles. The molecule has 104 valence electrons. The lowest BCUT2D eigenvalue weighted by Gasteiger charge is -2.24. The zero-order valence-corrected chi connectivity index (χ0v) is 12.0. The van der Waals surface area contributed by atoms with Crippen molar-refractivity contribution in [2.45, 2.75) is 51.4 Å². The van der Waals surface area contributed by atoms with Crippen molar-refractivity contribution >= 4 is 0 Å². The summed E-state index contributed by atoms with van der Waals surface area (Å²) in [7, 11) is 0. The Kier molecular flexibility index (Phi) is 6.16. The maximum Gasteiger partial charge on any atom is 0.0136 e. The van der Waals surface area contributed by atoms with Crippen molar-refractivity contribution in [3.8, 4) is 0 Å². The molecular weight excluding hydrogens is 230 g/mol. The molecule has 0 amide bonds. The fourth-order valence-electron chi connectivity index (χ4n) is 2.76. The molecule has 0 saturated heterocycles. The van der Waals surface area contributed by atoms with Gasteiger partial charge in [0.05, 0.1) is 0 Å². The topological polar surface area (TPSA) is 26.0 Å². The number of hydrogen-bond donors (Lipinski definition) is 1. The molecule has 0 heterocycles. The van der Waals surface area contributed by atoms with Gasteiger partial charge in [0.1, 0.15) is 0 Å². The van der Waals surface area contributed by atoms with Crippen LogP contribution in [0.4, 0.5) is 0 Å². The summed E-state index contributed by atoms with van der Waals surface area (Å²) >= 11 is 0.